The summed E-state index contributed by atoms with van der Waals surface area (Å²) in [7, 11) is 0. The molecule has 1 N–H and O–H groups in total. The van der Waals surface area contributed by atoms with Gasteiger partial charge in [-0.2, -0.15) is 0 Å². The smallest absolute Gasteiger partial charge is 0.507 e. The van der Waals surface area contributed by atoms with Crippen molar-refractivity contribution < 1.29 is 24.2 Å². The first-order valence-corrected chi connectivity index (χ1v) is 8.45. The second kappa shape index (κ2) is 8.05. The number of likely N-dealkylation sites (tertiary alicyclic amines) is 1. The summed E-state index contributed by atoms with van der Waals surface area (Å²) in [5.41, 5.74) is -0.260. The maximum atomic E-state index is 12.2. The number of carbonyl (C=O) groups excluding carboxylic acids is 2. The van der Waals surface area contributed by atoms with Crippen LogP contribution in [0, 0.1) is 0 Å². The number of ether oxygens (including phenoxy) is 2. The normalized spacial score (nSPS) is 15.2. The molecule has 6 nitrogen and oxygen atoms in total. The van der Waals surface area contributed by atoms with Crippen LogP contribution in [0.4, 0.5) is 4.79 Å². The van der Waals surface area contributed by atoms with E-state index in [2.05, 4.69) is 0 Å². The Morgan fingerprint density at radius 2 is 1.84 bits per heavy atom. The molecule has 0 atom stereocenters. The van der Waals surface area contributed by atoms with Gasteiger partial charge in [0.25, 0.3) is 0 Å². The lowest BCUT2D eigenvalue weighted by atomic mass is 10.1. The van der Waals surface area contributed by atoms with Gasteiger partial charge >= 0.3 is 6.16 Å². The number of aromatic hydroxyl groups is 1. The van der Waals surface area contributed by atoms with E-state index < -0.39 is 11.8 Å². The number of benzene rings is 1. The molecule has 1 saturated heterocycles. The van der Waals surface area contributed by atoms with E-state index in [1.54, 1.807) is 25.7 Å². The van der Waals surface area contributed by atoms with E-state index in [4.69, 9.17) is 9.47 Å². The Morgan fingerprint density at radius 3 is 2.48 bits per heavy atom. The van der Waals surface area contributed by atoms with Gasteiger partial charge in [0.1, 0.15) is 17.1 Å². The SMILES string of the molecule is CC(C)(C)OC(=O)Oc1ccc(O)c(/C=C/C(=O)N2CCCCC2)c1. The summed E-state index contributed by atoms with van der Waals surface area (Å²) in [5, 5.41) is 9.93. The molecule has 136 valence electrons. The van der Waals surface area contributed by atoms with Gasteiger partial charge in [-0.1, -0.05) is 0 Å². The molecule has 6 heteroatoms. The van der Waals surface area contributed by atoms with E-state index in [-0.39, 0.29) is 17.4 Å². The second-order valence-corrected chi connectivity index (χ2v) is 7.01. The number of nitrogens with zero attached hydrogens (tertiary/aromatic N) is 1. The number of carbonyl (C=O) groups is 2. The highest BCUT2D eigenvalue weighted by Crippen LogP contribution is 2.25. The molecule has 0 bridgehead atoms. The zero-order valence-electron chi connectivity index (χ0n) is 14.9. The molecule has 0 aromatic heterocycles. The number of piperidine rings is 1. The number of hydrogen-bond donors (Lipinski definition) is 1. The Hall–Kier alpha value is -2.50. The van der Waals surface area contributed by atoms with Crippen LogP contribution >= 0.6 is 0 Å². The van der Waals surface area contributed by atoms with Gasteiger partial charge in [-0.15, -0.1) is 0 Å². The fourth-order valence-electron chi connectivity index (χ4n) is 2.48. The van der Waals surface area contributed by atoms with Gasteiger partial charge in [-0.3, -0.25) is 4.79 Å². The summed E-state index contributed by atoms with van der Waals surface area (Å²) in [6.45, 7) is 6.75. The molecule has 1 aromatic carbocycles. The van der Waals surface area contributed by atoms with Gasteiger partial charge in [0.05, 0.1) is 0 Å². The Labute approximate surface area is 148 Å². The largest absolute Gasteiger partial charge is 0.514 e. The minimum Gasteiger partial charge on any atom is -0.507 e. The minimum atomic E-state index is -0.822. The van der Waals surface area contributed by atoms with Crippen molar-refractivity contribution in [1.82, 2.24) is 4.90 Å². The van der Waals surface area contributed by atoms with Crippen LogP contribution in [0.5, 0.6) is 11.5 Å². The van der Waals surface area contributed by atoms with Crippen molar-refractivity contribution in [2.75, 3.05) is 13.1 Å². The molecule has 0 radical (unpaired) electrons. The highest BCUT2D eigenvalue weighted by molar-refractivity contribution is 5.92. The van der Waals surface area contributed by atoms with Crippen molar-refractivity contribution in [3.05, 3.63) is 29.8 Å². The van der Waals surface area contributed by atoms with Gasteiger partial charge in [-0.05, 0) is 64.3 Å². The Kier molecular flexibility index (Phi) is 6.07. The molecule has 1 aliphatic heterocycles. The predicted octanol–water partition coefficient (Wildman–Crippen LogP) is 3.73. The molecule has 0 spiro atoms. The first kappa shape index (κ1) is 18.8. The molecule has 1 fully saturated rings. The lowest BCUT2D eigenvalue weighted by Crippen LogP contribution is -2.34. The number of rotatable bonds is 3. The number of amides is 1. The highest BCUT2D eigenvalue weighted by Gasteiger charge is 2.18. The Balaban J connectivity index is 2.04. The summed E-state index contributed by atoms with van der Waals surface area (Å²) in [5.74, 6) is 0.147. The topological polar surface area (TPSA) is 76.1 Å². The fraction of sp³-hybridized carbons (Fsp3) is 0.474. The maximum Gasteiger partial charge on any atom is 0.514 e. The van der Waals surface area contributed by atoms with Crippen LogP contribution in [-0.4, -0.2) is 40.8 Å². The highest BCUT2D eigenvalue weighted by atomic mass is 16.7. The van der Waals surface area contributed by atoms with E-state index in [1.165, 1.54) is 30.4 Å². The summed E-state index contributed by atoms with van der Waals surface area (Å²) < 4.78 is 10.2. The first-order valence-electron chi connectivity index (χ1n) is 8.45. The molecule has 25 heavy (non-hydrogen) atoms. The third-order valence-corrected chi connectivity index (χ3v) is 3.66. The quantitative estimate of drug-likeness (QED) is 0.512. The Morgan fingerprint density at radius 1 is 1.16 bits per heavy atom. The molecule has 0 aliphatic carbocycles. The summed E-state index contributed by atoms with van der Waals surface area (Å²) in [4.78, 5) is 25.7. The van der Waals surface area contributed by atoms with E-state index in [1.807, 2.05) is 0 Å². The number of phenolic OH excluding ortho intramolecular Hbond substituents is 1. The third kappa shape index (κ3) is 6.14. The van der Waals surface area contributed by atoms with E-state index in [0.717, 1.165) is 32.4 Å². The van der Waals surface area contributed by atoms with Crippen LogP contribution in [0.1, 0.15) is 45.6 Å². The van der Waals surface area contributed by atoms with E-state index in [9.17, 15) is 14.7 Å². The monoisotopic (exact) mass is 347 g/mol. The maximum absolute atomic E-state index is 12.2. The molecule has 0 unspecified atom stereocenters. The standard InChI is InChI=1S/C19H25NO5/c1-19(2,3)25-18(23)24-15-8-9-16(21)14(13-15)7-10-17(22)20-11-5-4-6-12-20/h7-10,13,21H,4-6,11-12H2,1-3H3/b10-7+. The van der Waals surface area contributed by atoms with Gasteiger partial charge in [0, 0.05) is 24.7 Å². The second-order valence-electron chi connectivity index (χ2n) is 7.01. The van der Waals surface area contributed by atoms with Crippen molar-refractivity contribution in [2.45, 2.75) is 45.6 Å². The molecular weight excluding hydrogens is 322 g/mol. The molecule has 0 saturated carbocycles. The third-order valence-electron chi connectivity index (χ3n) is 3.66. The number of hydrogen-bond acceptors (Lipinski definition) is 5. The van der Waals surface area contributed by atoms with E-state index in [0.29, 0.717) is 5.56 Å². The summed E-state index contributed by atoms with van der Waals surface area (Å²) >= 11 is 0. The van der Waals surface area contributed by atoms with Crippen molar-refractivity contribution >= 4 is 18.1 Å². The summed E-state index contributed by atoms with van der Waals surface area (Å²) in [6.07, 6.45) is 5.32. The van der Waals surface area contributed by atoms with Crippen LogP contribution < -0.4 is 4.74 Å². The number of phenols is 1. The molecule has 1 amide bonds. The first-order chi connectivity index (χ1) is 11.7. The van der Waals surface area contributed by atoms with Crippen LogP contribution in [0.25, 0.3) is 6.08 Å². The van der Waals surface area contributed by atoms with Gasteiger partial charge in [0.2, 0.25) is 5.91 Å². The molecule has 1 heterocycles. The van der Waals surface area contributed by atoms with Crippen molar-refractivity contribution in [3.8, 4) is 11.5 Å². The fourth-order valence-corrected chi connectivity index (χ4v) is 2.48. The predicted molar refractivity (Wildman–Crippen MR) is 94.4 cm³/mol. The van der Waals surface area contributed by atoms with E-state index >= 15 is 0 Å². The zero-order valence-corrected chi connectivity index (χ0v) is 14.9. The van der Waals surface area contributed by atoms with Crippen molar-refractivity contribution in [3.63, 3.8) is 0 Å². The van der Waals surface area contributed by atoms with Crippen LogP contribution in [0.15, 0.2) is 24.3 Å². The molecular formula is C19H25NO5. The van der Waals surface area contributed by atoms with Gasteiger partial charge < -0.3 is 19.5 Å². The molecule has 1 aromatic rings. The lowest BCUT2D eigenvalue weighted by Gasteiger charge is -2.25. The summed E-state index contributed by atoms with van der Waals surface area (Å²) in [6, 6.07) is 4.35. The molecule has 1 aliphatic rings. The van der Waals surface area contributed by atoms with Crippen molar-refractivity contribution in [1.29, 1.82) is 0 Å². The zero-order chi connectivity index (χ0) is 18.4. The Bertz CT molecular complexity index is 654. The average molecular weight is 347 g/mol. The van der Waals surface area contributed by atoms with Crippen LogP contribution in [-0.2, 0) is 9.53 Å². The molecule has 2 rings (SSSR count). The minimum absolute atomic E-state index is 0.000710. The van der Waals surface area contributed by atoms with Crippen LogP contribution in [0.3, 0.4) is 0 Å². The van der Waals surface area contributed by atoms with Crippen molar-refractivity contribution in [2.24, 2.45) is 0 Å². The van der Waals surface area contributed by atoms with Gasteiger partial charge in [0.15, 0.2) is 0 Å². The van der Waals surface area contributed by atoms with Gasteiger partial charge in [-0.25, -0.2) is 4.79 Å². The average Bonchev–Trinajstić information content (AvgIpc) is 2.54. The van der Waals surface area contributed by atoms with Crippen LogP contribution in [0.2, 0.25) is 0 Å². The lowest BCUT2D eigenvalue weighted by molar-refractivity contribution is -0.126.